The first-order valence-electron chi connectivity index (χ1n) is 35.0. The van der Waals surface area contributed by atoms with Crippen molar-refractivity contribution in [3.8, 4) is 10.4 Å². The van der Waals surface area contributed by atoms with Gasteiger partial charge in [0.15, 0.2) is 0 Å². The third kappa shape index (κ3) is 21.4. The number of nitrogens with one attached hydrogen (secondary N) is 4. The summed E-state index contributed by atoms with van der Waals surface area (Å²) >= 11 is 9.20. The molecule has 5 N–H and O–H groups in total. The van der Waals surface area contributed by atoms with E-state index in [-0.39, 0.29) is 48.2 Å². The van der Waals surface area contributed by atoms with E-state index in [0.717, 1.165) is 115 Å². The number of nitrogens with zero attached hydrogens (tertiary/aromatic N) is 5. The van der Waals surface area contributed by atoms with E-state index in [1.165, 1.54) is 45.5 Å². The Bertz CT molecular complexity index is 4110. The number of anilines is 2. The quantitative estimate of drug-likeness (QED) is 0.0201. The second-order valence-corrected chi connectivity index (χ2v) is 35.1. The largest absolute Gasteiger partial charge is 0.501 e. The minimum atomic E-state index is -6.15. The zero-order chi connectivity index (χ0) is 73.7. The molecule has 4 amide bonds. The van der Waals surface area contributed by atoms with Crippen LogP contribution in [0.2, 0.25) is 5.02 Å². The molecule has 2 fully saturated rings. The van der Waals surface area contributed by atoms with Gasteiger partial charge in [0.25, 0.3) is 25.8 Å². The van der Waals surface area contributed by atoms with Gasteiger partial charge in [-0.05, 0) is 172 Å². The predicted molar refractivity (Wildman–Crippen MR) is 401 cm³/mol. The molecule has 0 bridgehead atoms. The summed E-state index contributed by atoms with van der Waals surface area (Å²) < 4.78 is 100. The normalized spacial score (nSPS) is 17.9. The summed E-state index contributed by atoms with van der Waals surface area (Å²) in [6.45, 7) is 19.0. The first-order valence-corrected chi connectivity index (χ1v) is 40.2. The molecule has 18 nitrogen and oxygen atoms in total. The maximum absolute atomic E-state index is 14.6. The average molecular weight is 1500 g/mol. The fourth-order valence-electron chi connectivity index (χ4n) is 13.4. The maximum atomic E-state index is 14.6. The first kappa shape index (κ1) is 79.3. The zero-order valence-electron chi connectivity index (χ0n) is 59.5. The summed E-state index contributed by atoms with van der Waals surface area (Å²) in [4.78, 5) is 67.3. The van der Waals surface area contributed by atoms with E-state index in [2.05, 4.69) is 61.6 Å². The van der Waals surface area contributed by atoms with Crippen LogP contribution >= 0.6 is 34.7 Å². The van der Waals surface area contributed by atoms with Crippen molar-refractivity contribution in [2.24, 2.45) is 10.8 Å². The summed E-state index contributed by atoms with van der Waals surface area (Å²) in [7, 11) is -9.15. The Morgan fingerprint density at radius 1 is 0.824 bits per heavy atom. The topological polar surface area (TPSA) is 231 Å². The lowest BCUT2D eigenvalue weighted by Gasteiger charge is -2.39. The van der Waals surface area contributed by atoms with Gasteiger partial charge in [-0.3, -0.25) is 24.1 Å². The second kappa shape index (κ2) is 34.8. The number of piperazine rings is 1. The molecule has 5 aromatic carbocycles. The Morgan fingerprint density at radius 2 is 1.48 bits per heavy atom. The molecule has 3 aliphatic rings. The van der Waals surface area contributed by atoms with Crippen molar-refractivity contribution in [2.75, 3.05) is 75.4 Å². The Balaban J connectivity index is 0.736. The molecule has 5 unspecified atom stereocenters. The number of alkyl halides is 3. The van der Waals surface area contributed by atoms with Crippen LogP contribution in [0.1, 0.15) is 152 Å². The summed E-state index contributed by atoms with van der Waals surface area (Å²) in [6.07, 6.45) is 7.61. The van der Waals surface area contributed by atoms with Crippen LogP contribution in [0, 0.1) is 17.8 Å². The van der Waals surface area contributed by atoms with Crippen LogP contribution in [0.5, 0.6) is 0 Å². The molecule has 552 valence electrons. The second-order valence-electron chi connectivity index (χ2n) is 29.1. The van der Waals surface area contributed by atoms with Gasteiger partial charge in [0, 0.05) is 85.1 Å². The van der Waals surface area contributed by atoms with Gasteiger partial charge in [-0.2, -0.15) is 13.2 Å². The molecule has 5 atom stereocenters. The van der Waals surface area contributed by atoms with E-state index < -0.39 is 82.3 Å². The molecule has 1 aliphatic carbocycles. The summed E-state index contributed by atoms with van der Waals surface area (Å²) in [6, 6.07) is 31.2. The lowest BCUT2D eigenvalue weighted by Crippen LogP contribution is -2.57. The Hall–Kier alpha value is -6.84. The molecule has 102 heavy (non-hydrogen) atoms. The highest BCUT2D eigenvalue weighted by atomic mass is 35.5. The number of rotatable bonds is 31. The number of thiazole rings is 1. The van der Waals surface area contributed by atoms with Crippen LogP contribution in [-0.4, -0.2) is 160 Å². The molecule has 0 saturated carbocycles. The SMILES string of the molecule is Cc1ncsc1-c1ccc(C(C)NC(=O)C2CC(O)CN2C(=O)C(NC(=O)CCCCCCCCN(C)CCC(CSc2ccccc2)Nc2ccc(S(=O)(=O)NC(=O)c3ccc(N4CCN(CC5=C(c6ccc(Cl)cc6)CCC(C)(C)C5)CC4)cc3)cc2S(=O)(=O)C(F)(F)F)C(C)(C)C)cc1. The van der Waals surface area contributed by atoms with Crippen molar-refractivity contribution in [1.82, 2.24) is 35.0 Å². The number of aromatic nitrogens is 1. The average Bonchev–Trinajstić information content (AvgIpc) is 0.953. The van der Waals surface area contributed by atoms with Gasteiger partial charge in [0.1, 0.15) is 17.0 Å². The number of aliphatic hydroxyl groups is 1. The van der Waals surface area contributed by atoms with Crippen LogP contribution in [0.4, 0.5) is 24.5 Å². The number of sulfone groups is 1. The van der Waals surface area contributed by atoms with Gasteiger partial charge in [0.05, 0.1) is 38.8 Å². The highest BCUT2D eigenvalue weighted by molar-refractivity contribution is 7.99. The minimum absolute atomic E-state index is 0.0293. The smallest absolute Gasteiger partial charge is 0.391 e. The van der Waals surface area contributed by atoms with E-state index in [0.29, 0.717) is 55.9 Å². The molecule has 9 rings (SSSR count). The molecule has 3 heterocycles. The van der Waals surface area contributed by atoms with E-state index in [4.69, 9.17) is 11.6 Å². The molecule has 0 spiro atoms. The van der Waals surface area contributed by atoms with E-state index in [1.54, 1.807) is 29.0 Å². The van der Waals surface area contributed by atoms with Crippen LogP contribution in [0.25, 0.3) is 16.0 Å². The summed E-state index contributed by atoms with van der Waals surface area (Å²) in [5.74, 6) is -1.85. The Kier molecular flexibility index (Phi) is 27.1. The van der Waals surface area contributed by atoms with Crippen LogP contribution in [0.15, 0.2) is 147 Å². The monoisotopic (exact) mass is 1500 g/mol. The number of sulfonamides is 1. The number of amides is 4. The van der Waals surface area contributed by atoms with Crippen LogP contribution in [0.3, 0.4) is 0 Å². The van der Waals surface area contributed by atoms with Crippen molar-refractivity contribution < 1.29 is 54.3 Å². The van der Waals surface area contributed by atoms with Crippen molar-refractivity contribution in [3.63, 3.8) is 0 Å². The number of allylic oxidation sites excluding steroid dienone is 1. The van der Waals surface area contributed by atoms with Crippen molar-refractivity contribution in [3.05, 3.63) is 160 Å². The fraction of sp³-hybridized carbons (Fsp3) is 0.487. The number of thioether (sulfide) groups is 1. The number of aryl methyl sites for hydroxylation is 1. The van der Waals surface area contributed by atoms with Crippen molar-refractivity contribution >= 4 is 95.1 Å². The van der Waals surface area contributed by atoms with Gasteiger partial charge < -0.3 is 35.8 Å². The number of carbonyl (C=O) groups excluding carboxylic acids is 4. The van der Waals surface area contributed by atoms with Gasteiger partial charge in [-0.25, -0.2) is 26.5 Å². The van der Waals surface area contributed by atoms with E-state index >= 15 is 0 Å². The molecule has 6 aromatic rings. The first-order chi connectivity index (χ1) is 48.2. The number of halogens is 4. The van der Waals surface area contributed by atoms with Gasteiger partial charge >= 0.3 is 5.51 Å². The highest BCUT2D eigenvalue weighted by Gasteiger charge is 2.49. The molecule has 2 saturated heterocycles. The van der Waals surface area contributed by atoms with Gasteiger partial charge in [-0.15, -0.1) is 23.1 Å². The highest BCUT2D eigenvalue weighted by Crippen LogP contribution is 2.44. The van der Waals surface area contributed by atoms with E-state index in [1.807, 2.05) is 113 Å². The third-order valence-corrected chi connectivity index (χ3v) is 24.7. The standard InChI is InChI=1S/C76H97ClF3N9O9S4/c1-51(53-21-23-55(24-22-53)69-52(2)81-50-100-69)82-72(93)66-44-61(90)48-89(66)73(94)70(74(3,4)5)84-68(91)20-16-11-9-10-12-17-38-86(8)39-36-59(49-99-62-18-14-13-15-19-62)83-65-34-33-63(45-67(65)101(95,96)76(78,79)80)102(97,98)85-71(92)56-27-31-60(32-28-56)88-42-40-87(41-43-88)47-57-46-75(6,7)37-35-64(57)54-25-29-58(77)30-26-54/h13-15,18-19,21-34,45,50-51,59,61,66,70,83,90H,9-12,16-17,20,35-44,46-49H2,1-8H3,(H,82,93)(H,84,91)(H,85,92). The minimum Gasteiger partial charge on any atom is -0.391 e. The third-order valence-electron chi connectivity index (χ3n) is 19.4. The Labute approximate surface area is 613 Å². The molecule has 1 aromatic heterocycles. The molecular weight excluding hydrogens is 1400 g/mol. The molecule has 26 heteroatoms. The maximum Gasteiger partial charge on any atom is 0.501 e. The van der Waals surface area contributed by atoms with Crippen LogP contribution in [-0.2, 0) is 34.2 Å². The predicted octanol–water partition coefficient (Wildman–Crippen LogP) is 14.0. The van der Waals surface area contributed by atoms with Gasteiger partial charge in [-0.1, -0.05) is 132 Å². The molecule has 2 aliphatic heterocycles. The van der Waals surface area contributed by atoms with E-state index in [9.17, 15) is 54.3 Å². The van der Waals surface area contributed by atoms with Crippen molar-refractivity contribution in [2.45, 2.75) is 176 Å². The van der Waals surface area contributed by atoms with Crippen LogP contribution < -0.4 is 25.6 Å². The Morgan fingerprint density at radius 3 is 2.13 bits per heavy atom. The number of hydrogen-bond donors (Lipinski definition) is 5. The summed E-state index contributed by atoms with van der Waals surface area (Å²) in [5.41, 5.74) is 2.69. The lowest BCUT2D eigenvalue weighted by molar-refractivity contribution is -0.144. The molecular formula is C76H97ClF3N9O9S4. The number of hydrogen-bond acceptors (Lipinski definition) is 16. The molecule has 0 radical (unpaired) electrons. The number of unbranched alkanes of at least 4 members (excludes halogenated alkanes) is 5. The summed E-state index contributed by atoms with van der Waals surface area (Å²) in [5, 5.41) is 20.5. The van der Waals surface area contributed by atoms with Crippen molar-refractivity contribution in [1.29, 1.82) is 0 Å². The van der Waals surface area contributed by atoms with Gasteiger partial charge in [0.2, 0.25) is 17.7 Å². The number of aliphatic hydroxyl groups excluding tert-OH is 1. The lowest BCUT2D eigenvalue weighted by atomic mass is 9.73. The number of likely N-dealkylation sites (tertiary alicyclic amines) is 1. The number of benzene rings is 5. The number of β-amino-alcohol motifs (C(OH)–C–C–N with tert-alkyl or cyclic N) is 1. The zero-order valence-corrected chi connectivity index (χ0v) is 63.5. The fourth-order valence-corrected chi connectivity index (χ4v) is 17.4. The number of carbonyl (C=O) groups is 4.